The van der Waals surface area contributed by atoms with Crippen LogP contribution in [0.4, 0.5) is 0 Å². The third kappa shape index (κ3) is 6.08. The minimum atomic E-state index is -3.77. The molecule has 0 saturated carbocycles. The predicted molar refractivity (Wildman–Crippen MR) is 123 cm³/mol. The average Bonchev–Trinajstić information content (AvgIpc) is 2.71. The van der Waals surface area contributed by atoms with E-state index in [1.54, 1.807) is 18.7 Å². The second-order valence-electron chi connectivity index (χ2n) is 8.30. The van der Waals surface area contributed by atoms with Crippen molar-refractivity contribution in [1.82, 2.24) is 14.9 Å². The number of amides is 2. The molecule has 2 rings (SSSR count). The zero-order chi connectivity index (χ0) is 24.3. The number of carbonyl (C=O) groups excluding carboxylic acids is 2. The summed E-state index contributed by atoms with van der Waals surface area (Å²) in [6, 6.07) is 1.95. The van der Waals surface area contributed by atoms with Crippen LogP contribution in [0.1, 0.15) is 41.5 Å². The molecule has 2 amide bonds. The lowest BCUT2D eigenvalue weighted by Crippen LogP contribution is -2.45. The molecule has 0 bridgehead atoms. The molecule has 0 aromatic heterocycles. The van der Waals surface area contributed by atoms with Gasteiger partial charge in [0.15, 0.2) is 9.84 Å². The summed E-state index contributed by atoms with van der Waals surface area (Å²) < 4.78 is 52.9. The second-order valence-corrected chi connectivity index (χ2v) is 12.3. The predicted octanol–water partition coefficient (Wildman–Crippen LogP) is 0.740. The Hall–Kier alpha value is -1.98. The van der Waals surface area contributed by atoms with Gasteiger partial charge in [-0.2, -0.15) is 0 Å². The lowest BCUT2D eigenvalue weighted by Gasteiger charge is -2.31. The van der Waals surface area contributed by atoms with E-state index >= 15 is 0 Å². The number of benzene rings is 1. The van der Waals surface area contributed by atoms with Crippen LogP contribution in [-0.4, -0.2) is 71.2 Å². The Balaban J connectivity index is 1.93. The van der Waals surface area contributed by atoms with Gasteiger partial charge in [-0.3, -0.25) is 9.59 Å². The van der Waals surface area contributed by atoms with Crippen molar-refractivity contribution >= 4 is 31.7 Å². The second kappa shape index (κ2) is 10.3. The van der Waals surface area contributed by atoms with Crippen molar-refractivity contribution in [2.45, 2.75) is 57.1 Å². The maximum atomic E-state index is 12.9. The first-order valence-electron chi connectivity index (χ1n) is 10.6. The van der Waals surface area contributed by atoms with Crippen LogP contribution in [0.15, 0.2) is 11.0 Å². The number of sulfonamides is 1. The summed E-state index contributed by atoms with van der Waals surface area (Å²) in [6.45, 7) is 7.75. The van der Waals surface area contributed by atoms with Gasteiger partial charge in [-0.05, 0) is 62.8 Å². The molecule has 0 unspecified atom stereocenters. The number of likely N-dealkylation sites (tertiary alicyclic amines) is 1. The number of sulfone groups is 1. The van der Waals surface area contributed by atoms with E-state index in [-0.39, 0.29) is 49.7 Å². The molecular weight excluding hydrogens is 454 g/mol. The Bertz CT molecular complexity index is 1060. The molecule has 0 radical (unpaired) electrons. The first kappa shape index (κ1) is 26.3. The zero-order valence-electron chi connectivity index (χ0n) is 19.3. The van der Waals surface area contributed by atoms with Gasteiger partial charge >= 0.3 is 0 Å². The van der Waals surface area contributed by atoms with Gasteiger partial charge in [0.25, 0.3) is 0 Å². The molecule has 1 saturated heterocycles. The maximum Gasteiger partial charge on any atom is 0.241 e. The summed E-state index contributed by atoms with van der Waals surface area (Å²) in [4.78, 5) is 25.7. The first-order chi connectivity index (χ1) is 14.8. The number of piperidine rings is 1. The largest absolute Gasteiger partial charge is 0.358 e. The number of nitrogens with one attached hydrogen (secondary N) is 2. The monoisotopic (exact) mass is 487 g/mol. The highest BCUT2D eigenvalue weighted by atomic mass is 32.2. The highest BCUT2D eigenvalue weighted by Gasteiger charge is 2.32. The number of nitrogens with zero attached hydrogens (tertiary/aromatic N) is 1. The van der Waals surface area contributed by atoms with Crippen LogP contribution in [0.5, 0.6) is 0 Å². The fraction of sp³-hybridized carbons (Fsp3) is 0.619. The first-order valence-corrected chi connectivity index (χ1v) is 13.8. The third-order valence-electron chi connectivity index (χ3n) is 6.11. The number of aryl methyl sites for hydroxylation is 2. The smallest absolute Gasteiger partial charge is 0.241 e. The topological polar surface area (TPSA) is 130 Å². The molecule has 1 aromatic rings. The normalized spacial score (nSPS) is 15.6. The lowest BCUT2D eigenvalue weighted by molar-refractivity contribution is -0.131. The quantitative estimate of drug-likeness (QED) is 0.556. The van der Waals surface area contributed by atoms with Crippen molar-refractivity contribution in [3.8, 4) is 0 Å². The molecular formula is C21H33N3O6S2. The minimum Gasteiger partial charge on any atom is -0.358 e. The van der Waals surface area contributed by atoms with Crippen LogP contribution in [0, 0.1) is 27.7 Å². The number of carbonyl (C=O) groups is 2. The van der Waals surface area contributed by atoms with E-state index in [1.165, 1.54) is 7.05 Å². The minimum absolute atomic E-state index is 0.0161. The van der Waals surface area contributed by atoms with Gasteiger partial charge in [-0.1, -0.05) is 6.07 Å². The van der Waals surface area contributed by atoms with Crippen LogP contribution in [-0.2, 0) is 29.4 Å². The van der Waals surface area contributed by atoms with Gasteiger partial charge in [0.1, 0.15) is 5.75 Å². The highest BCUT2D eigenvalue weighted by Crippen LogP contribution is 2.26. The molecule has 0 aliphatic carbocycles. The van der Waals surface area contributed by atoms with Crippen LogP contribution in [0.2, 0.25) is 0 Å². The number of hydrogen-bond donors (Lipinski definition) is 2. The summed E-state index contributed by atoms with van der Waals surface area (Å²) >= 11 is 0. The van der Waals surface area contributed by atoms with E-state index in [4.69, 9.17) is 0 Å². The summed E-state index contributed by atoms with van der Waals surface area (Å²) in [5.41, 5.74) is 3.15. The van der Waals surface area contributed by atoms with Crippen molar-refractivity contribution in [3.63, 3.8) is 0 Å². The third-order valence-corrected chi connectivity index (χ3v) is 10.00. The van der Waals surface area contributed by atoms with E-state index in [9.17, 15) is 26.4 Å². The molecule has 1 aliphatic rings. The maximum absolute atomic E-state index is 12.9. The van der Waals surface area contributed by atoms with Crippen molar-refractivity contribution in [2.75, 3.05) is 32.4 Å². The summed E-state index contributed by atoms with van der Waals surface area (Å²) in [6.07, 6.45) is 0.507. The van der Waals surface area contributed by atoms with Gasteiger partial charge < -0.3 is 10.2 Å². The van der Waals surface area contributed by atoms with Crippen molar-refractivity contribution in [2.24, 2.45) is 0 Å². The van der Waals surface area contributed by atoms with E-state index in [2.05, 4.69) is 10.0 Å². The Kier molecular flexibility index (Phi) is 8.46. The fourth-order valence-electron chi connectivity index (χ4n) is 3.94. The molecule has 1 heterocycles. The Morgan fingerprint density at radius 1 is 1.00 bits per heavy atom. The standard InChI is InChI=1S/C21H33N3O6S2/c1-14-12-15(2)17(4)21(16(14)3)32(29,30)23-9-6-20(26)24-10-7-18(8-11-24)31(27,28)13-19(25)22-5/h12,18,23H,6-11,13H2,1-5H3,(H,22,25). The lowest BCUT2D eigenvalue weighted by atomic mass is 10.0. The summed E-state index contributed by atoms with van der Waals surface area (Å²) in [7, 11) is -5.96. The highest BCUT2D eigenvalue weighted by molar-refractivity contribution is 7.92. The molecule has 2 N–H and O–H groups in total. The van der Waals surface area contributed by atoms with Crippen molar-refractivity contribution in [3.05, 3.63) is 28.3 Å². The van der Waals surface area contributed by atoms with E-state index in [0.717, 1.165) is 11.1 Å². The molecule has 32 heavy (non-hydrogen) atoms. The van der Waals surface area contributed by atoms with Crippen LogP contribution in [0.3, 0.4) is 0 Å². The molecule has 180 valence electrons. The van der Waals surface area contributed by atoms with Gasteiger partial charge in [0.05, 0.1) is 10.1 Å². The number of rotatable bonds is 8. The molecule has 0 spiro atoms. The SMILES string of the molecule is CNC(=O)CS(=O)(=O)C1CCN(C(=O)CCNS(=O)(=O)c2c(C)c(C)cc(C)c2C)CC1. The van der Waals surface area contributed by atoms with E-state index in [0.29, 0.717) is 11.1 Å². The van der Waals surface area contributed by atoms with Gasteiger partial charge in [-0.15, -0.1) is 0 Å². The fourth-order valence-corrected chi connectivity index (χ4v) is 7.26. The Morgan fingerprint density at radius 3 is 2.03 bits per heavy atom. The molecule has 1 aromatic carbocycles. The molecule has 1 aliphatic heterocycles. The average molecular weight is 488 g/mol. The van der Waals surface area contributed by atoms with Crippen molar-refractivity contribution in [1.29, 1.82) is 0 Å². The Labute approximate surface area is 190 Å². The summed E-state index contributed by atoms with van der Waals surface area (Å²) in [5.74, 6) is -1.34. The van der Waals surface area contributed by atoms with Gasteiger partial charge in [0, 0.05) is 33.1 Å². The molecule has 0 atom stereocenters. The van der Waals surface area contributed by atoms with E-state index in [1.807, 2.05) is 19.9 Å². The summed E-state index contributed by atoms with van der Waals surface area (Å²) in [5, 5.41) is 1.65. The van der Waals surface area contributed by atoms with E-state index < -0.39 is 36.8 Å². The zero-order valence-corrected chi connectivity index (χ0v) is 21.0. The van der Waals surface area contributed by atoms with Crippen LogP contribution in [0.25, 0.3) is 0 Å². The van der Waals surface area contributed by atoms with Gasteiger partial charge in [-0.25, -0.2) is 21.6 Å². The molecule has 11 heteroatoms. The number of hydrogen-bond acceptors (Lipinski definition) is 6. The van der Waals surface area contributed by atoms with Gasteiger partial charge in [0.2, 0.25) is 21.8 Å². The molecule has 1 fully saturated rings. The molecule has 9 nitrogen and oxygen atoms in total. The Morgan fingerprint density at radius 2 is 1.53 bits per heavy atom. The van der Waals surface area contributed by atoms with Crippen molar-refractivity contribution < 1.29 is 26.4 Å². The van der Waals surface area contributed by atoms with Crippen LogP contribution < -0.4 is 10.0 Å². The van der Waals surface area contributed by atoms with Crippen LogP contribution >= 0.6 is 0 Å².